The lowest BCUT2D eigenvalue weighted by Gasteiger charge is -2.28. The number of likely N-dealkylation sites (tertiary alicyclic amines) is 1. The number of anilines is 1. The van der Waals surface area contributed by atoms with E-state index in [-0.39, 0.29) is 23.1 Å². The summed E-state index contributed by atoms with van der Waals surface area (Å²) < 4.78 is 21.8. The maximum Gasteiger partial charge on any atom is 0.335 e. The molecule has 11 nitrogen and oxygen atoms in total. The largest absolute Gasteiger partial charge is 0.455 e. The molecule has 6 rings (SSSR count). The Morgan fingerprint density at radius 3 is 2.44 bits per heavy atom. The number of piperidine rings is 1. The molecule has 1 fully saturated rings. The molecular weight excluding hydrogens is 577 g/mol. The minimum atomic E-state index is -0.834. The second kappa shape index (κ2) is 12.4. The fourth-order valence-electron chi connectivity index (χ4n) is 5.40. The summed E-state index contributed by atoms with van der Waals surface area (Å²) in [5.74, 6) is 0.326. The first-order valence-electron chi connectivity index (χ1n) is 14.7. The van der Waals surface area contributed by atoms with Gasteiger partial charge in [-0.25, -0.2) is 18.7 Å². The lowest BCUT2D eigenvalue weighted by molar-refractivity contribution is 0.102. The molecule has 230 valence electrons. The summed E-state index contributed by atoms with van der Waals surface area (Å²) in [5, 5.41) is 3.47. The molecule has 1 aliphatic heterocycles. The summed E-state index contributed by atoms with van der Waals surface area (Å²) in [6.07, 6.45) is 8.21. The van der Waals surface area contributed by atoms with Crippen molar-refractivity contribution in [3.05, 3.63) is 111 Å². The van der Waals surface area contributed by atoms with E-state index in [0.717, 1.165) is 59.2 Å². The topological polar surface area (TPSA) is 124 Å². The number of halogens is 1. The van der Waals surface area contributed by atoms with Gasteiger partial charge in [0, 0.05) is 35.4 Å². The molecule has 0 aliphatic carbocycles. The van der Waals surface area contributed by atoms with Gasteiger partial charge in [0.25, 0.3) is 11.5 Å². The second-order valence-electron chi connectivity index (χ2n) is 11.4. The maximum absolute atomic E-state index is 13.5. The van der Waals surface area contributed by atoms with Crippen LogP contribution < -0.4 is 21.3 Å². The van der Waals surface area contributed by atoms with Gasteiger partial charge < -0.3 is 15.0 Å². The van der Waals surface area contributed by atoms with Gasteiger partial charge in [-0.3, -0.25) is 24.1 Å². The van der Waals surface area contributed by atoms with Crippen LogP contribution in [0.15, 0.2) is 82.9 Å². The summed E-state index contributed by atoms with van der Waals surface area (Å²) in [7, 11) is 2.13. The molecule has 1 N–H and O–H groups in total. The van der Waals surface area contributed by atoms with Crippen LogP contribution in [-0.4, -0.2) is 55.0 Å². The minimum Gasteiger partial charge on any atom is -0.455 e. The monoisotopic (exact) mass is 609 g/mol. The van der Waals surface area contributed by atoms with Gasteiger partial charge in [-0.2, -0.15) is 0 Å². The van der Waals surface area contributed by atoms with Crippen LogP contribution in [0.4, 0.5) is 10.2 Å². The molecule has 1 aromatic carbocycles. The Hall–Kier alpha value is -5.23. The summed E-state index contributed by atoms with van der Waals surface area (Å²) in [4.78, 5) is 55.4. The van der Waals surface area contributed by atoms with Crippen molar-refractivity contribution in [1.82, 2.24) is 29.0 Å². The zero-order valence-electron chi connectivity index (χ0n) is 25.1. The molecule has 0 atom stereocenters. The number of carbonyl (C=O) groups is 1. The molecule has 0 unspecified atom stereocenters. The molecule has 1 saturated heterocycles. The minimum absolute atomic E-state index is 0.146. The number of carbonyl (C=O) groups excluding carboxylic acids is 1. The van der Waals surface area contributed by atoms with E-state index in [0.29, 0.717) is 17.4 Å². The van der Waals surface area contributed by atoms with Crippen molar-refractivity contribution in [1.29, 1.82) is 0 Å². The average Bonchev–Trinajstić information content (AvgIpc) is 3.03. The van der Waals surface area contributed by atoms with E-state index in [4.69, 9.17) is 4.74 Å². The van der Waals surface area contributed by atoms with Crippen molar-refractivity contribution in [3.63, 3.8) is 0 Å². The van der Waals surface area contributed by atoms with Gasteiger partial charge in [-0.15, -0.1) is 0 Å². The Balaban J connectivity index is 1.23. The zero-order valence-corrected chi connectivity index (χ0v) is 25.1. The standard InChI is InChI=1S/C33H32FN7O4/c1-20(2)40-19-26(32(43)41(33(40)44)23-6-4-22(34)5-7-23)31(42)38-30-9-8-24(17-37-30)45-29-10-13-35-28-18-36-27(16-25(28)29)21-11-14-39(3)15-12-21/h4-10,13,16-21H,11-12,14-15H2,1-3H3,(H,37,38,42). The number of hydrogen-bond donors (Lipinski definition) is 1. The number of hydrogen-bond acceptors (Lipinski definition) is 8. The Morgan fingerprint density at radius 1 is 1.00 bits per heavy atom. The molecule has 0 radical (unpaired) electrons. The molecule has 0 bridgehead atoms. The van der Waals surface area contributed by atoms with Crippen molar-refractivity contribution in [2.75, 3.05) is 25.5 Å². The van der Waals surface area contributed by atoms with Crippen LogP contribution in [0.1, 0.15) is 54.7 Å². The molecule has 5 aromatic rings. The zero-order chi connectivity index (χ0) is 31.7. The predicted molar refractivity (Wildman–Crippen MR) is 168 cm³/mol. The Morgan fingerprint density at radius 2 is 1.76 bits per heavy atom. The number of pyridine rings is 3. The van der Waals surface area contributed by atoms with Crippen LogP contribution in [0.5, 0.6) is 11.5 Å². The maximum atomic E-state index is 13.5. The lowest BCUT2D eigenvalue weighted by atomic mass is 9.93. The van der Waals surface area contributed by atoms with E-state index < -0.39 is 23.0 Å². The van der Waals surface area contributed by atoms with Crippen molar-refractivity contribution in [2.45, 2.75) is 38.6 Å². The molecule has 0 saturated carbocycles. The van der Waals surface area contributed by atoms with Crippen LogP contribution in [0.2, 0.25) is 0 Å². The van der Waals surface area contributed by atoms with Gasteiger partial charge in [0.2, 0.25) is 0 Å². The number of fused-ring (bicyclic) bond motifs is 1. The summed E-state index contributed by atoms with van der Waals surface area (Å²) in [6.45, 7) is 5.56. The number of nitrogens with zero attached hydrogens (tertiary/aromatic N) is 6. The van der Waals surface area contributed by atoms with E-state index >= 15 is 0 Å². The first-order valence-corrected chi connectivity index (χ1v) is 14.7. The summed E-state index contributed by atoms with van der Waals surface area (Å²) in [5.41, 5.74) is 0.136. The van der Waals surface area contributed by atoms with Crippen molar-refractivity contribution in [3.8, 4) is 17.2 Å². The van der Waals surface area contributed by atoms with Crippen molar-refractivity contribution < 1.29 is 13.9 Å². The van der Waals surface area contributed by atoms with Crippen LogP contribution >= 0.6 is 0 Å². The predicted octanol–water partition coefficient (Wildman–Crippen LogP) is 4.91. The van der Waals surface area contributed by atoms with E-state index in [9.17, 15) is 18.8 Å². The SMILES string of the molecule is CC(C)n1cc(C(=O)Nc2ccc(Oc3ccnc4cnc(C5CCN(C)CC5)cc34)cn2)c(=O)n(-c2ccc(F)cc2)c1=O. The Bertz CT molecular complexity index is 1980. The number of amides is 1. The van der Waals surface area contributed by atoms with E-state index in [1.807, 2.05) is 6.07 Å². The Kier molecular flexibility index (Phi) is 8.22. The summed E-state index contributed by atoms with van der Waals surface area (Å²) >= 11 is 0. The van der Waals surface area contributed by atoms with Gasteiger partial charge in [-0.05, 0) is 95.4 Å². The first kappa shape index (κ1) is 29.8. The van der Waals surface area contributed by atoms with Crippen LogP contribution in [0.3, 0.4) is 0 Å². The highest BCUT2D eigenvalue weighted by atomic mass is 19.1. The summed E-state index contributed by atoms with van der Waals surface area (Å²) in [6, 6.07) is 11.6. The quantitative estimate of drug-likeness (QED) is 0.276. The van der Waals surface area contributed by atoms with Crippen LogP contribution in [-0.2, 0) is 0 Å². The van der Waals surface area contributed by atoms with E-state index in [1.54, 1.807) is 44.4 Å². The number of ether oxygens (including phenoxy) is 1. The molecule has 1 amide bonds. The average molecular weight is 610 g/mol. The van der Waals surface area contributed by atoms with Crippen LogP contribution in [0.25, 0.3) is 16.6 Å². The highest BCUT2D eigenvalue weighted by Gasteiger charge is 2.22. The molecule has 45 heavy (non-hydrogen) atoms. The fraction of sp³-hybridized carbons (Fsp3) is 0.273. The number of aromatic nitrogens is 5. The number of nitrogens with one attached hydrogen (secondary N) is 1. The molecule has 4 aromatic heterocycles. The normalized spacial score (nSPS) is 14.2. The van der Waals surface area contributed by atoms with E-state index in [1.165, 1.54) is 29.1 Å². The lowest BCUT2D eigenvalue weighted by Crippen LogP contribution is -2.42. The van der Waals surface area contributed by atoms with Crippen LogP contribution in [0, 0.1) is 5.82 Å². The molecular formula is C33H32FN7O4. The molecule has 12 heteroatoms. The van der Waals surface area contributed by atoms with Gasteiger partial charge in [0.05, 0.1) is 23.6 Å². The first-order chi connectivity index (χ1) is 21.7. The van der Waals surface area contributed by atoms with Gasteiger partial charge in [-0.1, -0.05) is 0 Å². The van der Waals surface area contributed by atoms with Crippen molar-refractivity contribution >= 4 is 22.6 Å². The molecule has 0 spiro atoms. The van der Waals surface area contributed by atoms with Gasteiger partial charge in [0.1, 0.15) is 28.7 Å². The number of benzene rings is 1. The highest BCUT2D eigenvalue weighted by molar-refractivity contribution is 6.03. The van der Waals surface area contributed by atoms with E-state index in [2.05, 4.69) is 32.2 Å². The molecule has 5 heterocycles. The third-order valence-corrected chi connectivity index (χ3v) is 7.95. The smallest absolute Gasteiger partial charge is 0.335 e. The fourth-order valence-corrected chi connectivity index (χ4v) is 5.40. The van der Waals surface area contributed by atoms with Gasteiger partial charge >= 0.3 is 5.69 Å². The third-order valence-electron chi connectivity index (χ3n) is 7.95. The molecule has 1 aliphatic rings. The second-order valence-corrected chi connectivity index (χ2v) is 11.4. The third kappa shape index (κ3) is 6.22. The van der Waals surface area contributed by atoms with Crippen molar-refractivity contribution in [2.24, 2.45) is 0 Å². The Labute approximate surface area is 258 Å². The number of rotatable bonds is 7. The highest BCUT2D eigenvalue weighted by Crippen LogP contribution is 2.33. The van der Waals surface area contributed by atoms with Gasteiger partial charge in [0.15, 0.2) is 0 Å².